The van der Waals surface area contributed by atoms with Crippen LogP contribution in [-0.2, 0) is 9.47 Å². The molecule has 18 nitrogen and oxygen atoms in total. The molecule has 6 aromatic rings. The fourth-order valence-corrected chi connectivity index (χ4v) is 7.85. The van der Waals surface area contributed by atoms with Gasteiger partial charge in [0.25, 0.3) is 0 Å². The van der Waals surface area contributed by atoms with Crippen LogP contribution < -0.4 is 42.2 Å². The van der Waals surface area contributed by atoms with E-state index in [1.54, 1.807) is 50.5 Å². The lowest BCUT2D eigenvalue weighted by molar-refractivity contribution is 0.102. The van der Waals surface area contributed by atoms with Crippen molar-refractivity contribution in [2.24, 2.45) is 0 Å². The topological polar surface area (TPSA) is 229 Å². The molecular weight excluding hydrogens is 855 g/mol. The van der Waals surface area contributed by atoms with Crippen LogP contribution in [0, 0.1) is 25.5 Å². The summed E-state index contributed by atoms with van der Waals surface area (Å²) in [5.41, 5.74) is 17.1. The highest BCUT2D eigenvalue weighted by Crippen LogP contribution is 2.41. The molecule has 20 heteroatoms. The molecule has 2 aliphatic rings. The van der Waals surface area contributed by atoms with Crippen LogP contribution in [0.15, 0.2) is 49.1 Å². The minimum Gasteiger partial charge on any atom is -0.474 e. The number of ether oxygens (including phenoxy) is 4. The highest BCUT2D eigenvalue weighted by molar-refractivity contribution is 6.01. The molecule has 0 saturated heterocycles. The van der Waals surface area contributed by atoms with Crippen LogP contribution in [0.5, 0.6) is 11.8 Å². The summed E-state index contributed by atoms with van der Waals surface area (Å²) in [5, 5.41) is 13.9. The third kappa shape index (κ3) is 10.3. The number of pyridine rings is 4. The average molecular weight is 909 g/mol. The van der Waals surface area contributed by atoms with Crippen molar-refractivity contribution in [3.63, 3.8) is 0 Å². The van der Waals surface area contributed by atoms with Crippen LogP contribution in [0.3, 0.4) is 0 Å². The number of hydrogen-bond donors (Lipinski definition) is 6. The number of anilines is 6. The molecule has 4 aromatic heterocycles. The molecular formula is C46H54F2N12O6. The lowest BCUT2D eigenvalue weighted by atomic mass is 9.97. The number of aromatic nitrogens is 4. The first kappa shape index (κ1) is 46.7. The molecule has 2 atom stereocenters. The van der Waals surface area contributed by atoms with E-state index in [0.717, 1.165) is 22.5 Å². The minimum atomic E-state index is -0.618. The number of nitrogens with two attached hydrogens (primary N) is 2. The van der Waals surface area contributed by atoms with Gasteiger partial charge in [0.05, 0.1) is 11.4 Å². The van der Waals surface area contributed by atoms with Gasteiger partial charge in [-0.1, -0.05) is 0 Å². The number of halogens is 2. The minimum absolute atomic E-state index is 0.0231. The summed E-state index contributed by atoms with van der Waals surface area (Å²) in [5.74, 6) is 0.435. The lowest BCUT2D eigenvalue weighted by Crippen LogP contribution is -2.29. The molecule has 6 heterocycles. The van der Waals surface area contributed by atoms with E-state index in [2.05, 4.69) is 41.2 Å². The van der Waals surface area contributed by atoms with E-state index in [1.165, 1.54) is 12.4 Å². The fourth-order valence-electron chi connectivity index (χ4n) is 7.85. The number of nitrogens with one attached hydrogen (secondary N) is 4. The number of carbonyl (C=O) groups is 2. The van der Waals surface area contributed by atoms with Crippen LogP contribution in [0.2, 0.25) is 0 Å². The van der Waals surface area contributed by atoms with Gasteiger partial charge >= 0.3 is 12.2 Å². The number of benzene rings is 2. The summed E-state index contributed by atoms with van der Waals surface area (Å²) in [6, 6.07) is 6.62. The molecule has 0 saturated carbocycles. The normalized spacial score (nSPS) is 13.8. The summed E-state index contributed by atoms with van der Waals surface area (Å²) >= 11 is 0. The Morgan fingerprint density at radius 1 is 0.667 bits per heavy atom. The van der Waals surface area contributed by atoms with Crippen molar-refractivity contribution in [1.82, 2.24) is 29.7 Å². The quantitative estimate of drug-likeness (QED) is 0.0743. The third-order valence-electron chi connectivity index (χ3n) is 10.8. The first-order valence-electron chi connectivity index (χ1n) is 21.2. The van der Waals surface area contributed by atoms with Gasteiger partial charge in [0.2, 0.25) is 11.8 Å². The Morgan fingerprint density at radius 2 is 1.06 bits per heavy atom. The van der Waals surface area contributed by atoms with E-state index in [0.29, 0.717) is 95.0 Å². The lowest BCUT2D eigenvalue weighted by Gasteiger charge is -2.22. The molecule has 8 N–H and O–H groups in total. The summed E-state index contributed by atoms with van der Waals surface area (Å²) in [4.78, 5) is 45.3. The van der Waals surface area contributed by atoms with Crippen molar-refractivity contribution in [2.75, 3.05) is 100 Å². The molecule has 2 aromatic carbocycles. The largest absolute Gasteiger partial charge is 0.474 e. The van der Waals surface area contributed by atoms with E-state index in [1.807, 2.05) is 51.8 Å². The van der Waals surface area contributed by atoms with Crippen molar-refractivity contribution < 1.29 is 37.3 Å². The van der Waals surface area contributed by atoms with Gasteiger partial charge in [0, 0.05) is 84.0 Å². The van der Waals surface area contributed by atoms with Gasteiger partial charge in [0.15, 0.2) is 11.6 Å². The molecule has 348 valence electrons. The molecule has 66 heavy (non-hydrogen) atoms. The molecule has 2 amide bonds. The van der Waals surface area contributed by atoms with Crippen molar-refractivity contribution in [1.29, 1.82) is 0 Å². The van der Waals surface area contributed by atoms with Crippen molar-refractivity contribution in [2.45, 2.75) is 39.9 Å². The standard InChI is InChI=1S/2C23H27FN6O3/c2*1-12(11-30(3)4)33-23(31)29-18-8-14-7-15(19(24)20(25)17(14)10-27-18)16-9-28-22-21(13(16)2)26-5-6-32-22/h2*7-10,12,26H,5-6,11,25H2,1-4H3,(H,27,29,31)/t2*12-/m10/s1. The van der Waals surface area contributed by atoms with Crippen molar-refractivity contribution >= 4 is 68.1 Å². The van der Waals surface area contributed by atoms with Gasteiger partial charge in [-0.05, 0) is 102 Å². The molecule has 0 bridgehead atoms. The van der Waals surface area contributed by atoms with E-state index in [4.69, 9.17) is 30.4 Å². The molecule has 0 fully saturated rings. The second kappa shape index (κ2) is 19.8. The van der Waals surface area contributed by atoms with Gasteiger partial charge in [-0.2, -0.15) is 0 Å². The number of amides is 2. The number of hydrogen-bond acceptors (Lipinski definition) is 16. The Labute approximate surface area is 380 Å². The predicted octanol–water partition coefficient (Wildman–Crippen LogP) is 7.26. The molecule has 8 rings (SSSR count). The van der Waals surface area contributed by atoms with Crippen LogP contribution in [0.25, 0.3) is 43.8 Å². The van der Waals surface area contributed by atoms with Gasteiger partial charge in [0.1, 0.15) is 48.4 Å². The maximum atomic E-state index is 15.3. The molecule has 0 aliphatic carbocycles. The van der Waals surface area contributed by atoms with Gasteiger partial charge < -0.3 is 50.8 Å². The molecule has 0 radical (unpaired) electrons. The number of nitrogen functional groups attached to an aromatic ring is 2. The van der Waals surface area contributed by atoms with Gasteiger partial charge in [-0.3, -0.25) is 10.6 Å². The Bertz CT molecular complexity index is 2620. The Kier molecular flexibility index (Phi) is 14.0. The summed E-state index contributed by atoms with van der Waals surface area (Å²) in [7, 11) is 7.58. The maximum absolute atomic E-state index is 15.3. The van der Waals surface area contributed by atoms with Gasteiger partial charge in [-0.15, -0.1) is 0 Å². The van der Waals surface area contributed by atoms with Crippen molar-refractivity contribution in [3.05, 3.63) is 71.8 Å². The number of nitrogens with zero attached hydrogens (tertiary/aromatic N) is 6. The molecule has 0 spiro atoms. The first-order chi connectivity index (χ1) is 31.5. The van der Waals surface area contributed by atoms with Crippen LogP contribution in [0.1, 0.15) is 25.0 Å². The monoisotopic (exact) mass is 908 g/mol. The highest BCUT2D eigenvalue weighted by atomic mass is 19.1. The number of likely N-dealkylation sites (N-methyl/N-ethyl adjacent to an activating group) is 2. The van der Waals surface area contributed by atoms with E-state index < -0.39 is 23.8 Å². The van der Waals surface area contributed by atoms with E-state index in [9.17, 15) is 9.59 Å². The molecule has 2 aliphatic heterocycles. The Morgan fingerprint density at radius 3 is 1.44 bits per heavy atom. The number of carbonyl (C=O) groups excluding carboxylic acids is 2. The predicted molar refractivity (Wildman–Crippen MR) is 252 cm³/mol. The zero-order valence-corrected chi connectivity index (χ0v) is 38.1. The van der Waals surface area contributed by atoms with Crippen LogP contribution in [0.4, 0.5) is 52.8 Å². The van der Waals surface area contributed by atoms with Crippen molar-refractivity contribution in [3.8, 4) is 34.0 Å². The smallest absolute Gasteiger partial charge is 0.413 e. The van der Waals surface area contributed by atoms with E-state index in [-0.39, 0.29) is 35.2 Å². The zero-order valence-electron chi connectivity index (χ0n) is 38.1. The Balaban J connectivity index is 0.000000196. The fraction of sp³-hybridized carbons (Fsp3) is 0.348. The SMILES string of the molecule is Cc1c(-c2cc3cc(NC(=O)O[C@@H](C)CN(C)C)ncc3c(N)c2F)cnc2c1NCCO2.Cc1c(-c2cc3cc(NC(=O)O[C@H](C)CN(C)C)ncc3c(N)c2F)cnc2c1NCCO2. The second-order valence-electron chi connectivity index (χ2n) is 16.6. The third-order valence-corrected chi connectivity index (χ3v) is 10.8. The summed E-state index contributed by atoms with van der Waals surface area (Å²) in [6.45, 7) is 10.9. The number of fused-ring (bicyclic) bond motifs is 4. The maximum Gasteiger partial charge on any atom is 0.413 e. The van der Waals surface area contributed by atoms with Gasteiger partial charge in [-0.25, -0.2) is 38.3 Å². The summed E-state index contributed by atoms with van der Waals surface area (Å²) in [6.07, 6.45) is 4.19. The second-order valence-corrected chi connectivity index (χ2v) is 16.6. The highest BCUT2D eigenvalue weighted by Gasteiger charge is 2.24. The first-order valence-corrected chi connectivity index (χ1v) is 21.2. The number of rotatable bonds is 10. The van der Waals surface area contributed by atoms with Crippen LogP contribution in [-0.4, -0.2) is 122 Å². The van der Waals surface area contributed by atoms with Crippen LogP contribution >= 0.6 is 0 Å². The average Bonchev–Trinajstić information content (AvgIpc) is 3.26. The Hall–Kier alpha value is -7.32. The van der Waals surface area contributed by atoms with E-state index >= 15 is 8.78 Å². The molecule has 0 unspecified atom stereocenters. The summed E-state index contributed by atoms with van der Waals surface area (Å²) < 4.78 is 52.3. The zero-order chi connectivity index (χ0) is 47.4.